The van der Waals surface area contributed by atoms with E-state index in [9.17, 15) is 4.79 Å². The number of aromatic nitrogens is 4. The number of nitrogens with one attached hydrogen (secondary N) is 2. The van der Waals surface area contributed by atoms with Crippen molar-refractivity contribution >= 4 is 17.4 Å². The molecule has 82 valence electrons. The highest BCUT2D eigenvalue weighted by molar-refractivity contribution is 6.03. The third kappa shape index (κ3) is 1.97. The van der Waals surface area contributed by atoms with Gasteiger partial charge in [-0.2, -0.15) is 5.10 Å². The minimum atomic E-state index is -0.386. The topological polar surface area (TPSA) is 110 Å². The standard InChI is InChI=1S/C9H10N6O/c1-5-2-12-7(4-11-5)9(16)14-8-6(10)3-13-15-8/h2-4H,10H2,1H3,(H2,13,14,15,16). The van der Waals surface area contributed by atoms with E-state index in [0.717, 1.165) is 5.69 Å². The van der Waals surface area contributed by atoms with Gasteiger partial charge in [-0.05, 0) is 6.92 Å². The molecule has 0 saturated carbocycles. The Hall–Kier alpha value is -2.44. The second-order valence-electron chi connectivity index (χ2n) is 3.20. The highest BCUT2D eigenvalue weighted by Gasteiger charge is 2.10. The molecule has 0 unspecified atom stereocenters. The summed E-state index contributed by atoms with van der Waals surface area (Å²) in [4.78, 5) is 19.6. The van der Waals surface area contributed by atoms with Crippen molar-refractivity contribution < 1.29 is 4.79 Å². The van der Waals surface area contributed by atoms with Crippen molar-refractivity contribution in [2.75, 3.05) is 11.1 Å². The molecule has 7 nitrogen and oxygen atoms in total. The molecule has 0 spiro atoms. The quantitative estimate of drug-likeness (QED) is 0.673. The first kappa shape index (κ1) is 10.1. The molecule has 2 aromatic rings. The van der Waals surface area contributed by atoms with Crippen molar-refractivity contribution in [3.8, 4) is 0 Å². The Morgan fingerprint density at radius 1 is 1.38 bits per heavy atom. The summed E-state index contributed by atoms with van der Waals surface area (Å²) in [7, 11) is 0. The van der Waals surface area contributed by atoms with Gasteiger partial charge >= 0.3 is 0 Å². The first-order valence-corrected chi connectivity index (χ1v) is 4.55. The van der Waals surface area contributed by atoms with E-state index in [0.29, 0.717) is 11.5 Å². The molecule has 0 aliphatic carbocycles. The molecule has 0 aliphatic rings. The van der Waals surface area contributed by atoms with Crippen molar-refractivity contribution in [3.05, 3.63) is 30.0 Å². The number of anilines is 2. The van der Waals surface area contributed by atoms with Crippen molar-refractivity contribution in [2.24, 2.45) is 0 Å². The maximum Gasteiger partial charge on any atom is 0.277 e. The van der Waals surface area contributed by atoms with Crippen LogP contribution in [0, 0.1) is 6.92 Å². The van der Waals surface area contributed by atoms with Gasteiger partial charge in [-0.3, -0.25) is 14.9 Å². The Morgan fingerprint density at radius 3 is 2.75 bits per heavy atom. The lowest BCUT2D eigenvalue weighted by Gasteiger charge is -2.02. The minimum Gasteiger partial charge on any atom is -0.394 e. The zero-order valence-corrected chi connectivity index (χ0v) is 8.56. The average Bonchev–Trinajstić information content (AvgIpc) is 2.65. The van der Waals surface area contributed by atoms with Gasteiger partial charge in [0.05, 0.1) is 23.8 Å². The lowest BCUT2D eigenvalue weighted by atomic mass is 10.4. The van der Waals surface area contributed by atoms with E-state index < -0.39 is 0 Å². The molecule has 0 aliphatic heterocycles. The fraction of sp³-hybridized carbons (Fsp3) is 0.111. The number of hydrogen-bond donors (Lipinski definition) is 3. The number of nitrogens with two attached hydrogens (primary N) is 1. The van der Waals surface area contributed by atoms with Gasteiger partial charge < -0.3 is 11.1 Å². The molecule has 2 aromatic heterocycles. The van der Waals surface area contributed by atoms with E-state index in [-0.39, 0.29) is 11.6 Å². The molecular formula is C9H10N6O. The molecule has 0 aromatic carbocycles. The normalized spacial score (nSPS) is 10.1. The lowest BCUT2D eigenvalue weighted by molar-refractivity contribution is 0.102. The SMILES string of the molecule is Cc1cnc(C(=O)Nc2[nH]ncc2N)cn1. The van der Waals surface area contributed by atoms with E-state index in [1.165, 1.54) is 18.6 Å². The van der Waals surface area contributed by atoms with E-state index in [2.05, 4.69) is 25.5 Å². The van der Waals surface area contributed by atoms with Crippen LogP contribution in [0.5, 0.6) is 0 Å². The van der Waals surface area contributed by atoms with Crippen molar-refractivity contribution in [1.29, 1.82) is 0 Å². The van der Waals surface area contributed by atoms with E-state index in [1.807, 2.05) is 0 Å². The molecule has 2 heterocycles. The molecular weight excluding hydrogens is 208 g/mol. The zero-order valence-electron chi connectivity index (χ0n) is 8.56. The molecule has 0 fully saturated rings. The molecule has 0 saturated heterocycles. The maximum absolute atomic E-state index is 11.7. The number of H-pyrrole nitrogens is 1. The fourth-order valence-electron chi connectivity index (χ4n) is 1.08. The maximum atomic E-state index is 11.7. The number of nitrogens with zero attached hydrogens (tertiary/aromatic N) is 3. The highest BCUT2D eigenvalue weighted by atomic mass is 16.2. The summed E-state index contributed by atoms with van der Waals surface area (Å²) < 4.78 is 0. The van der Waals surface area contributed by atoms with Crippen LogP contribution in [0.3, 0.4) is 0 Å². The predicted octanol–water partition coefficient (Wildman–Crippen LogP) is 0.343. The summed E-state index contributed by atoms with van der Waals surface area (Å²) in [5.74, 6) is -0.0316. The van der Waals surface area contributed by atoms with Crippen molar-refractivity contribution in [2.45, 2.75) is 6.92 Å². The van der Waals surface area contributed by atoms with Gasteiger partial charge in [-0.1, -0.05) is 0 Å². The molecule has 2 rings (SSSR count). The van der Waals surface area contributed by atoms with Crippen LogP contribution in [0.1, 0.15) is 16.2 Å². The second-order valence-corrected chi connectivity index (χ2v) is 3.20. The number of nitrogen functional groups attached to an aromatic ring is 1. The largest absolute Gasteiger partial charge is 0.394 e. The van der Waals surface area contributed by atoms with E-state index >= 15 is 0 Å². The first-order chi connectivity index (χ1) is 7.66. The van der Waals surface area contributed by atoms with Gasteiger partial charge in [-0.15, -0.1) is 0 Å². The van der Waals surface area contributed by atoms with Crippen LogP contribution < -0.4 is 11.1 Å². The summed E-state index contributed by atoms with van der Waals surface area (Å²) in [6.45, 7) is 1.79. The Bertz CT molecular complexity index is 503. The summed E-state index contributed by atoms with van der Waals surface area (Å²) in [6.07, 6.45) is 4.33. The summed E-state index contributed by atoms with van der Waals surface area (Å²) in [5.41, 5.74) is 6.89. The number of amides is 1. The van der Waals surface area contributed by atoms with Gasteiger partial charge in [-0.25, -0.2) is 4.98 Å². The molecule has 4 N–H and O–H groups in total. The van der Waals surface area contributed by atoms with Crippen LogP contribution in [-0.2, 0) is 0 Å². The molecule has 1 amide bonds. The smallest absolute Gasteiger partial charge is 0.277 e. The lowest BCUT2D eigenvalue weighted by Crippen LogP contribution is -2.15. The number of carbonyl (C=O) groups excluding carboxylic acids is 1. The number of aromatic amines is 1. The molecule has 0 radical (unpaired) electrons. The van der Waals surface area contributed by atoms with E-state index in [4.69, 9.17) is 5.73 Å². The molecule has 0 atom stereocenters. The predicted molar refractivity (Wildman–Crippen MR) is 57.7 cm³/mol. The van der Waals surface area contributed by atoms with Crippen LogP contribution in [0.4, 0.5) is 11.5 Å². The number of aryl methyl sites for hydroxylation is 1. The van der Waals surface area contributed by atoms with Crippen molar-refractivity contribution in [1.82, 2.24) is 20.2 Å². The van der Waals surface area contributed by atoms with Gasteiger partial charge in [0, 0.05) is 6.20 Å². The van der Waals surface area contributed by atoms with Crippen LogP contribution in [0.15, 0.2) is 18.6 Å². The first-order valence-electron chi connectivity index (χ1n) is 4.55. The minimum absolute atomic E-state index is 0.222. The number of rotatable bonds is 2. The molecule has 16 heavy (non-hydrogen) atoms. The van der Waals surface area contributed by atoms with Crippen molar-refractivity contribution in [3.63, 3.8) is 0 Å². The van der Waals surface area contributed by atoms with E-state index in [1.54, 1.807) is 6.92 Å². The third-order valence-electron chi connectivity index (χ3n) is 1.92. The van der Waals surface area contributed by atoms with Gasteiger partial charge in [0.25, 0.3) is 5.91 Å². The summed E-state index contributed by atoms with van der Waals surface area (Å²) in [5, 5.41) is 8.79. The molecule has 7 heteroatoms. The number of carbonyl (C=O) groups is 1. The Balaban J connectivity index is 2.15. The van der Waals surface area contributed by atoms with Crippen LogP contribution in [0.2, 0.25) is 0 Å². The second kappa shape index (κ2) is 3.97. The fourth-order valence-corrected chi connectivity index (χ4v) is 1.08. The zero-order chi connectivity index (χ0) is 11.5. The van der Waals surface area contributed by atoms with Crippen LogP contribution >= 0.6 is 0 Å². The Labute approximate surface area is 91.1 Å². The van der Waals surface area contributed by atoms with Crippen LogP contribution in [-0.4, -0.2) is 26.1 Å². The van der Waals surface area contributed by atoms with Gasteiger partial charge in [0.2, 0.25) is 0 Å². The van der Waals surface area contributed by atoms with Crippen LogP contribution in [0.25, 0.3) is 0 Å². The Kier molecular flexibility index (Phi) is 2.50. The highest BCUT2D eigenvalue weighted by Crippen LogP contribution is 2.12. The summed E-state index contributed by atoms with van der Waals surface area (Å²) in [6, 6.07) is 0. The number of hydrogen-bond acceptors (Lipinski definition) is 5. The Morgan fingerprint density at radius 2 is 2.19 bits per heavy atom. The van der Waals surface area contributed by atoms with Gasteiger partial charge in [0.1, 0.15) is 5.69 Å². The summed E-state index contributed by atoms with van der Waals surface area (Å²) >= 11 is 0. The monoisotopic (exact) mass is 218 g/mol. The average molecular weight is 218 g/mol. The third-order valence-corrected chi connectivity index (χ3v) is 1.92. The molecule has 0 bridgehead atoms. The van der Waals surface area contributed by atoms with Gasteiger partial charge in [0.15, 0.2) is 5.82 Å².